The van der Waals surface area contributed by atoms with Crippen molar-refractivity contribution in [3.8, 4) is 17.1 Å². The van der Waals surface area contributed by atoms with Crippen molar-refractivity contribution in [2.75, 3.05) is 0 Å². The molecule has 4 aromatic rings. The second-order valence-electron chi connectivity index (χ2n) is 8.58. The second-order valence-corrected chi connectivity index (χ2v) is 9.52. The second kappa shape index (κ2) is 8.49. The summed E-state index contributed by atoms with van der Waals surface area (Å²) in [5.41, 5.74) is 6.17. The normalized spacial score (nSPS) is 11.6. The third-order valence-electron chi connectivity index (χ3n) is 5.11. The lowest BCUT2D eigenvalue weighted by Crippen LogP contribution is -2.10. The van der Waals surface area contributed by atoms with E-state index in [4.69, 9.17) is 0 Å². The third-order valence-corrected chi connectivity index (χ3v) is 6.11. The van der Waals surface area contributed by atoms with E-state index in [1.54, 1.807) is 11.8 Å². The van der Waals surface area contributed by atoms with Crippen molar-refractivity contribution in [1.29, 1.82) is 0 Å². The lowest BCUT2D eigenvalue weighted by Gasteiger charge is -2.19. The van der Waals surface area contributed by atoms with Crippen LogP contribution in [0.5, 0.6) is 0 Å². The van der Waals surface area contributed by atoms with Gasteiger partial charge in [0.05, 0.1) is 0 Å². The Morgan fingerprint density at radius 3 is 2.23 bits per heavy atom. The summed E-state index contributed by atoms with van der Waals surface area (Å²) in [7, 11) is 0. The molecular formula is C26H27N3S. The predicted octanol–water partition coefficient (Wildman–Crippen LogP) is 6.83. The van der Waals surface area contributed by atoms with Crippen LogP contribution in [0.25, 0.3) is 17.1 Å². The molecule has 1 aromatic heterocycles. The summed E-state index contributed by atoms with van der Waals surface area (Å²) in [6.45, 7) is 8.83. The highest BCUT2D eigenvalue weighted by molar-refractivity contribution is 7.98. The highest BCUT2D eigenvalue weighted by Gasteiger charge is 2.17. The molecule has 0 saturated carbocycles. The van der Waals surface area contributed by atoms with Gasteiger partial charge in [0.15, 0.2) is 11.0 Å². The molecule has 0 aliphatic heterocycles. The van der Waals surface area contributed by atoms with E-state index >= 15 is 0 Å². The van der Waals surface area contributed by atoms with Gasteiger partial charge in [0.1, 0.15) is 0 Å². The van der Waals surface area contributed by atoms with E-state index in [9.17, 15) is 0 Å². The molecule has 4 heteroatoms. The number of nitrogens with zero attached hydrogens (tertiary/aromatic N) is 3. The molecule has 0 atom stereocenters. The third kappa shape index (κ3) is 4.49. The molecule has 0 saturated heterocycles. The fourth-order valence-electron chi connectivity index (χ4n) is 3.39. The van der Waals surface area contributed by atoms with Crippen LogP contribution in [0, 0.1) is 6.92 Å². The van der Waals surface area contributed by atoms with E-state index in [1.165, 1.54) is 16.7 Å². The summed E-state index contributed by atoms with van der Waals surface area (Å²) >= 11 is 1.72. The van der Waals surface area contributed by atoms with Crippen molar-refractivity contribution in [3.63, 3.8) is 0 Å². The van der Waals surface area contributed by atoms with E-state index in [0.29, 0.717) is 0 Å². The number of hydrogen-bond acceptors (Lipinski definition) is 3. The minimum Gasteiger partial charge on any atom is -0.270 e. The van der Waals surface area contributed by atoms with Gasteiger partial charge >= 0.3 is 0 Å². The lowest BCUT2D eigenvalue weighted by molar-refractivity contribution is 0.590. The molecule has 4 rings (SSSR count). The summed E-state index contributed by atoms with van der Waals surface area (Å²) in [4.78, 5) is 0. The van der Waals surface area contributed by atoms with Crippen LogP contribution in [0.15, 0.2) is 84.0 Å². The van der Waals surface area contributed by atoms with Gasteiger partial charge in [-0.15, -0.1) is 10.2 Å². The summed E-state index contributed by atoms with van der Waals surface area (Å²) in [5, 5.41) is 10.0. The highest BCUT2D eigenvalue weighted by atomic mass is 32.2. The van der Waals surface area contributed by atoms with Crippen molar-refractivity contribution < 1.29 is 0 Å². The molecule has 0 bridgehead atoms. The van der Waals surface area contributed by atoms with Gasteiger partial charge in [-0.2, -0.15) is 0 Å². The molecule has 0 fully saturated rings. The maximum atomic E-state index is 4.55. The largest absolute Gasteiger partial charge is 0.270 e. The molecule has 0 spiro atoms. The number of para-hydroxylation sites is 1. The predicted molar refractivity (Wildman–Crippen MR) is 126 cm³/mol. The van der Waals surface area contributed by atoms with Gasteiger partial charge in [0, 0.05) is 17.0 Å². The molecule has 0 aliphatic rings. The highest BCUT2D eigenvalue weighted by Crippen LogP contribution is 2.30. The fourth-order valence-corrected chi connectivity index (χ4v) is 4.30. The maximum Gasteiger partial charge on any atom is 0.196 e. The number of hydrogen-bond donors (Lipinski definition) is 0. The molecule has 0 amide bonds. The first kappa shape index (κ1) is 20.4. The van der Waals surface area contributed by atoms with Crippen LogP contribution in [0.3, 0.4) is 0 Å². The number of aryl methyl sites for hydroxylation is 1. The molecule has 3 nitrogen and oxygen atoms in total. The molecule has 0 N–H and O–H groups in total. The van der Waals surface area contributed by atoms with Crippen LogP contribution < -0.4 is 0 Å². The Labute approximate surface area is 183 Å². The lowest BCUT2D eigenvalue weighted by atomic mass is 9.87. The Balaban J connectivity index is 1.65. The first-order chi connectivity index (χ1) is 14.4. The van der Waals surface area contributed by atoms with Crippen LogP contribution in [0.2, 0.25) is 0 Å². The Kier molecular flexibility index (Phi) is 5.78. The number of aromatic nitrogens is 3. The van der Waals surface area contributed by atoms with Gasteiger partial charge in [0.2, 0.25) is 0 Å². The van der Waals surface area contributed by atoms with Crippen molar-refractivity contribution in [1.82, 2.24) is 14.8 Å². The van der Waals surface area contributed by atoms with Crippen LogP contribution in [-0.4, -0.2) is 14.8 Å². The minimum absolute atomic E-state index is 0.169. The van der Waals surface area contributed by atoms with Crippen molar-refractivity contribution >= 4 is 11.8 Å². The first-order valence-electron chi connectivity index (χ1n) is 10.2. The molecule has 152 valence electrons. The van der Waals surface area contributed by atoms with E-state index in [1.807, 2.05) is 6.07 Å². The zero-order chi connectivity index (χ0) is 21.1. The van der Waals surface area contributed by atoms with Gasteiger partial charge in [0.25, 0.3) is 0 Å². The Hall–Kier alpha value is -2.85. The monoisotopic (exact) mass is 413 g/mol. The Bertz CT molecular complexity index is 1120. The van der Waals surface area contributed by atoms with E-state index in [0.717, 1.165) is 28.0 Å². The summed E-state index contributed by atoms with van der Waals surface area (Å²) in [6, 6.07) is 27.7. The van der Waals surface area contributed by atoms with Gasteiger partial charge in [-0.1, -0.05) is 98.8 Å². The van der Waals surface area contributed by atoms with Crippen molar-refractivity contribution in [3.05, 3.63) is 95.6 Å². The quantitative estimate of drug-likeness (QED) is 0.336. The smallest absolute Gasteiger partial charge is 0.196 e. The van der Waals surface area contributed by atoms with Crippen LogP contribution in [0.4, 0.5) is 0 Å². The number of benzene rings is 3. The molecule has 0 aliphatic carbocycles. The van der Waals surface area contributed by atoms with E-state index in [2.05, 4.69) is 115 Å². The number of thioether (sulfide) groups is 1. The molecular weight excluding hydrogens is 386 g/mol. The Morgan fingerprint density at radius 2 is 1.57 bits per heavy atom. The molecule has 30 heavy (non-hydrogen) atoms. The van der Waals surface area contributed by atoms with E-state index < -0.39 is 0 Å². The van der Waals surface area contributed by atoms with Gasteiger partial charge in [-0.3, -0.25) is 4.57 Å². The van der Waals surface area contributed by atoms with Crippen LogP contribution >= 0.6 is 11.8 Å². The van der Waals surface area contributed by atoms with Gasteiger partial charge in [-0.25, -0.2) is 0 Å². The average molecular weight is 414 g/mol. The summed E-state index contributed by atoms with van der Waals surface area (Å²) in [6.07, 6.45) is 0. The molecule has 3 aromatic carbocycles. The van der Waals surface area contributed by atoms with Gasteiger partial charge < -0.3 is 0 Å². The zero-order valence-electron chi connectivity index (χ0n) is 18.0. The maximum absolute atomic E-state index is 4.55. The molecule has 0 radical (unpaired) electrons. The standard InChI is InChI=1S/C26H27N3S/c1-19-9-8-10-21(17-19)24-27-28-25(29(24)23-11-6-5-7-12-23)30-18-20-13-15-22(16-14-20)26(2,3)4/h5-17H,18H2,1-4H3. The molecule has 0 unspecified atom stereocenters. The van der Waals surface area contributed by atoms with Crippen molar-refractivity contribution in [2.24, 2.45) is 0 Å². The van der Waals surface area contributed by atoms with Crippen molar-refractivity contribution in [2.45, 2.75) is 44.0 Å². The van der Waals surface area contributed by atoms with E-state index in [-0.39, 0.29) is 5.41 Å². The zero-order valence-corrected chi connectivity index (χ0v) is 18.8. The fraction of sp³-hybridized carbons (Fsp3) is 0.231. The number of rotatable bonds is 5. The SMILES string of the molecule is Cc1cccc(-c2nnc(SCc3ccc(C(C)(C)C)cc3)n2-c2ccccc2)c1. The molecule has 1 heterocycles. The summed E-state index contributed by atoms with van der Waals surface area (Å²) < 4.78 is 2.16. The van der Waals surface area contributed by atoms with Crippen LogP contribution in [0.1, 0.15) is 37.5 Å². The topological polar surface area (TPSA) is 30.7 Å². The van der Waals surface area contributed by atoms with Gasteiger partial charge in [-0.05, 0) is 41.7 Å². The average Bonchev–Trinajstić information content (AvgIpc) is 3.16. The first-order valence-corrected chi connectivity index (χ1v) is 11.2. The van der Waals surface area contributed by atoms with Crippen LogP contribution in [-0.2, 0) is 11.2 Å². The summed E-state index contributed by atoms with van der Waals surface area (Å²) in [5.74, 6) is 1.72. The Morgan fingerprint density at radius 1 is 0.833 bits per heavy atom. The minimum atomic E-state index is 0.169.